The average molecular weight is 318 g/mol. The lowest BCUT2D eigenvalue weighted by Crippen LogP contribution is -2.24. The van der Waals surface area contributed by atoms with Crippen LogP contribution in [0.2, 0.25) is 5.02 Å². The summed E-state index contributed by atoms with van der Waals surface area (Å²) in [7, 11) is 1.88. The molecule has 0 bridgehead atoms. The number of aryl methyl sites for hydroxylation is 1. The van der Waals surface area contributed by atoms with Gasteiger partial charge in [-0.05, 0) is 38.4 Å². The molecule has 0 aliphatic carbocycles. The first-order chi connectivity index (χ1) is 10.7. The molecule has 3 rings (SSSR count). The Morgan fingerprint density at radius 3 is 2.95 bits per heavy atom. The van der Waals surface area contributed by atoms with Gasteiger partial charge in [0.15, 0.2) is 0 Å². The van der Waals surface area contributed by atoms with Crippen LogP contribution in [0.25, 0.3) is 0 Å². The molecule has 5 nitrogen and oxygen atoms in total. The monoisotopic (exact) mass is 317 g/mol. The molecule has 1 N–H and O–H groups in total. The summed E-state index contributed by atoms with van der Waals surface area (Å²) >= 11 is 5.90. The Kier molecular flexibility index (Phi) is 4.55. The number of anilines is 1. The summed E-state index contributed by atoms with van der Waals surface area (Å²) in [5, 5.41) is 3.78. The van der Waals surface area contributed by atoms with Gasteiger partial charge in [0, 0.05) is 25.9 Å². The van der Waals surface area contributed by atoms with Crippen molar-refractivity contribution in [3.8, 4) is 0 Å². The minimum Gasteiger partial charge on any atom is -0.373 e. The van der Waals surface area contributed by atoms with Gasteiger partial charge in [0.2, 0.25) is 0 Å². The van der Waals surface area contributed by atoms with Gasteiger partial charge in [-0.2, -0.15) is 0 Å². The molecule has 116 valence electrons. The fraction of sp³-hybridized carbons (Fsp3) is 0.438. The van der Waals surface area contributed by atoms with Crippen LogP contribution in [0, 0.1) is 6.92 Å². The molecule has 1 aliphatic rings. The fourth-order valence-corrected chi connectivity index (χ4v) is 3.06. The third-order valence-electron chi connectivity index (χ3n) is 3.97. The molecule has 1 fully saturated rings. The Balaban J connectivity index is 1.80. The lowest BCUT2D eigenvalue weighted by Gasteiger charge is -2.24. The lowest BCUT2D eigenvalue weighted by molar-refractivity contribution is 0.241. The van der Waals surface area contributed by atoms with Crippen molar-refractivity contribution in [1.82, 2.24) is 19.9 Å². The number of hydrogen-bond donors (Lipinski definition) is 1. The van der Waals surface area contributed by atoms with E-state index in [4.69, 9.17) is 11.6 Å². The topological polar surface area (TPSA) is 53.9 Å². The zero-order valence-electron chi connectivity index (χ0n) is 12.9. The van der Waals surface area contributed by atoms with Gasteiger partial charge in [-0.15, -0.1) is 0 Å². The van der Waals surface area contributed by atoms with Gasteiger partial charge in [-0.3, -0.25) is 9.88 Å². The van der Waals surface area contributed by atoms with Gasteiger partial charge in [0.1, 0.15) is 11.6 Å². The second-order valence-electron chi connectivity index (χ2n) is 5.57. The van der Waals surface area contributed by atoms with Gasteiger partial charge in [0.05, 0.1) is 22.5 Å². The van der Waals surface area contributed by atoms with E-state index < -0.39 is 0 Å². The molecule has 0 amide bonds. The molecule has 1 atom stereocenters. The van der Waals surface area contributed by atoms with Crippen molar-refractivity contribution in [3.05, 3.63) is 46.6 Å². The summed E-state index contributed by atoms with van der Waals surface area (Å²) in [6, 6.07) is 6.25. The fourth-order valence-electron chi connectivity index (χ4n) is 2.95. The van der Waals surface area contributed by atoms with Crippen LogP contribution in [0.1, 0.15) is 36.1 Å². The molecule has 1 saturated heterocycles. The zero-order chi connectivity index (χ0) is 15.5. The molecule has 0 aromatic carbocycles. The SMILES string of the molecule is CNc1cc(C2CCCN2Cc2ccc(Cl)cn2)nc(C)n1. The third-order valence-corrected chi connectivity index (χ3v) is 4.20. The van der Waals surface area contributed by atoms with Gasteiger partial charge in [-0.1, -0.05) is 11.6 Å². The van der Waals surface area contributed by atoms with Crippen LogP contribution in [-0.4, -0.2) is 33.4 Å². The number of rotatable bonds is 4. The number of likely N-dealkylation sites (tertiary alicyclic amines) is 1. The lowest BCUT2D eigenvalue weighted by atomic mass is 10.1. The first-order valence-corrected chi connectivity index (χ1v) is 7.91. The highest BCUT2D eigenvalue weighted by Gasteiger charge is 2.28. The van der Waals surface area contributed by atoms with Crippen molar-refractivity contribution in [1.29, 1.82) is 0 Å². The van der Waals surface area contributed by atoms with E-state index in [1.807, 2.05) is 32.2 Å². The van der Waals surface area contributed by atoms with Crippen LogP contribution in [0.15, 0.2) is 24.4 Å². The maximum atomic E-state index is 5.90. The highest BCUT2D eigenvalue weighted by molar-refractivity contribution is 6.30. The minimum atomic E-state index is 0.325. The van der Waals surface area contributed by atoms with Crippen LogP contribution in [0.3, 0.4) is 0 Å². The van der Waals surface area contributed by atoms with E-state index in [-0.39, 0.29) is 0 Å². The van der Waals surface area contributed by atoms with Gasteiger partial charge >= 0.3 is 0 Å². The Morgan fingerprint density at radius 2 is 2.23 bits per heavy atom. The Bertz CT molecular complexity index is 643. The molecule has 2 aromatic rings. The zero-order valence-corrected chi connectivity index (χ0v) is 13.6. The van der Waals surface area contributed by atoms with Gasteiger partial charge in [-0.25, -0.2) is 9.97 Å². The maximum absolute atomic E-state index is 5.90. The van der Waals surface area contributed by atoms with Crippen molar-refractivity contribution < 1.29 is 0 Å². The van der Waals surface area contributed by atoms with E-state index in [1.54, 1.807) is 6.20 Å². The second-order valence-corrected chi connectivity index (χ2v) is 6.01. The summed E-state index contributed by atoms with van der Waals surface area (Å²) in [5.41, 5.74) is 2.12. The summed E-state index contributed by atoms with van der Waals surface area (Å²) in [6.07, 6.45) is 4.00. The van der Waals surface area contributed by atoms with Gasteiger partial charge < -0.3 is 5.32 Å². The first kappa shape index (κ1) is 15.2. The molecule has 0 saturated carbocycles. The standard InChI is InChI=1S/C16H20ClN5/c1-11-20-14(8-16(18-2)21-11)15-4-3-7-22(15)10-13-6-5-12(17)9-19-13/h5-6,8-9,15H,3-4,7,10H2,1-2H3,(H,18,20,21). The first-order valence-electron chi connectivity index (χ1n) is 7.53. The predicted octanol–water partition coefficient (Wildman–Crippen LogP) is 3.21. The average Bonchev–Trinajstić information content (AvgIpc) is 2.97. The van der Waals surface area contributed by atoms with Gasteiger partial charge in [0.25, 0.3) is 0 Å². The van der Waals surface area contributed by atoms with Crippen molar-refractivity contribution in [2.75, 3.05) is 18.9 Å². The Hall–Kier alpha value is -1.72. The summed E-state index contributed by atoms with van der Waals surface area (Å²) in [6.45, 7) is 3.82. The molecule has 22 heavy (non-hydrogen) atoms. The van der Waals surface area contributed by atoms with E-state index in [1.165, 1.54) is 6.42 Å². The maximum Gasteiger partial charge on any atom is 0.129 e. The number of nitrogens with one attached hydrogen (secondary N) is 1. The molecule has 2 aromatic heterocycles. The van der Waals surface area contributed by atoms with Crippen molar-refractivity contribution >= 4 is 17.4 Å². The van der Waals surface area contributed by atoms with Crippen LogP contribution < -0.4 is 5.32 Å². The number of nitrogens with zero attached hydrogens (tertiary/aromatic N) is 4. The highest BCUT2D eigenvalue weighted by Crippen LogP contribution is 2.32. The molecule has 0 spiro atoms. The van der Waals surface area contributed by atoms with E-state index in [0.717, 1.165) is 42.5 Å². The molecular formula is C16H20ClN5. The van der Waals surface area contributed by atoms with Crippen LogP contribution >= 0.6 is 11.6 Å². The quantitative estimate of drug-likeness (QED) is 0.938. The number of aromatic nitrogens is 3. The molecule has 1 unspecified atom stereocenters. The third kappa shape index (κ3) is 3.36. The van der Waals surface area contributed by atoms with Crippen LogP contribution in [-0.2, 0) is 6.54 Å². The largest absolute Gasteiger partial charge is 0.373 e. The number of halogens is 1. The number of pyridine rings is 1. The summed E-state index contributed by atoms with van der Waals surface area (Å²) in [4.78, 5) is 15.8. The second kappa shape index (κ2) is 6.58. The summed E-state index contributed by atoms with van der Waals surface area (Å²) in [5.74, 6) is 1.68. The van der Waals surface area contributed by atoms with E-state index in [0.29, 0.717) is 11.1 Å². The highest BCUT2D eigenvalue weighted by atomic mass is 35.5. The van der Waals surface area contributed by atoms with Crippen molar-refractivity contribution in [3.63, 3.8) is 0 Å². The van der Waals surface area contributed by atoms with Crippen molar-refractivity contribution in [2.24, 2.45) is 0 Å². The molecular weight excluding hydrogens is 298 g/mol. The van der Waals surface area contributed by atoms with E-state index in [2.05, 4.69) is 25.2 Å². The Morgan fingerprint density at radius 1 is 1.36 bits per heavy atom. The minimum absolute atomic E-state index is 0.325. The smallest absolute Gasteiger partial charge is 0.129 e. The van der Waals surface area contributed by atoms with Crippen LogP contribution in [0.4, 0.5) is 5.82 Å². The van der Waals surface area contributed by atoms with Crippen LogP contribution in [0.5, 0.6) is 0 Å². The normalized spacial score (nSPS) is 18.6. The summed E-state index contributed by atoms with van der Waals surface area (Å²) < 4.78 is 0. The Labute approximate surface area is 135 Å². The number of hydrogen-bond acceptors (Lipinski definition) is 5. The van der Waals surface area contributed by atoms with E-state index >= 15 is 0 Å². The predicted molar refractivity (Wildman–Crippen MR) is 87.9 cm³/mol. The molecule has 6 heteroatoms. The molecule has 3 heterocycles. The molecule has 1 aliphatic heterocycles. The van der Waals surface area contributed by atoms with E-state index in [9.17, 15) is 0 Å². The van der Waals surface area contributed by atoms with Crippen molar-refractivity contribution in [2.45, 2.75) is 32.4 Å². The molecule has 0 radical (unpaired) electrons.